The average molecular weight is 986 g/mol. The van der Waals surface area contributed by atoms with Crippen molar-refractivity contribution in [2.75, 3.05) is 34.0 Å². The van der Waals surface area contributed by atoms with Crippen molar-refractivity contribution in [2.45, 2.75) is 199 Å². The molecule has 3 heterocycles. The van der Waals surface area contributed by atoms with E-state index < -0.39 is 83.9 Å². The van der Waals surface area contributed by atoms with Crippen molar-refractivity contribution < 1.29 is 68.1 Å². The van der Waals surface area contributed by atoms with Crippen LogP contribution >= 0.6 is 0 Å². The highest BCUT2D eigenvalue weighted by molar-refractivity contribution is 6.39. The van der Waals surface area contributed by atoms with Gasteiger partial charge in [0, 0.05) is 64.6 Å². The Morgan fingerprint density at radius 1 is 0.857 bits per heavy atom. The predicted molar refractivity (Wildman–Crippen MR) is 265 cm³/mol. The van der Waals surface area contributed by atoms with Crippen LogP contribution in [0.5, 0.6) is 0 Å². The first kappa shape index (κ1) is 59.2. The molecule has 1 aliphatic carbocycles. The number of carbonyl (C=O) groups is 5. The Bertz CT molecular complexity index is 1840. The number of esters is 1. The van der Waals surface area contributed by atoms with Crippen molar-refractivity contribution in [3.8, 4) is 0 Å². The molecule has 4 rings (SSSR count). The number of amides is 1. The molecule has 1 saturated carbocycles. The van der Waals surface area contributed by atoms with E-state index in [9.17, 15) is 44.4 Å². The third kappa shape index (κ3) is 16.6. The maximum atomic E-state index is 14.5. The SMILES string of the molecule is CO[C@@H]1C[C@H](C[C@@H](C)[C@@H]2CC(=O)[C@H](C)/C=C(\C)[C@@H](O)[C@@H](OC)C(=O)[C@H](C)C[C@H](C)/C=C/C=C/C=C(\C)[C@H](OCCCCCO)C[C@@H]3CC[C@@H](C)[C@@](O)(O3)C(=O)C(=O)N3CCCC[C@H]3C(=O)O2)CC[C@H]1O. The molecular weight excluding hydrogens is 899 g/mol. The fourth-order valence-corrected chi connectivity index (χ4v) is 10.7. The minimum Gasteiger partial charge on any atom is -0.460 e. The van der Waals surface area contributed by atoms with Crippen molar-refractivity contribution in [2.24, 2.45) is 35.5 Å². The molecule has 3 aliphatic heterocycles. The number of fused-ring (bicyclic) bond motifs is 3. The summed E-state index contributed by atoms with van der Waals surface area (Å²) in [6.07, 6.45) is 13.1. The van der Waals surface area contributed by atoms with Gasteiger partial charge in [0.1, 0.15) is 30.1 Å². The molecule has 0 aromatic rings. The van der Waals surface area contributed by atoms with Crippen molar-refractivity contribution in [1.29, 1.82) is 0 Å². The van der Waals surface area contributed by atoms with Gasteiger partial charge in [-0.25, -0.2) is 4.79 Å². The number of aliphatic hydroxyl groups is 4. The van der Waals surface area contributed by atoms with Crippen LogP contribution in [0.25, 0.3) is 0 Å². The van der Waals surface area contributed by atoms with Gasteiger partial charge in [-0.15, -0.1) is 0 Å². The Morgan fingerprint density at radius 3 is 2.30 bits per heavy atom. The van der Waals surface area contributed by atoms with Gasteiger partial charge in [-0.3, -0.25) is 19.2 Å². The molecule has 15 atom stereocenters. The summed E-state index contributed by atoms with van der Waals surface area (Å²) < 4.78 is 30.1. The quantitative estimate of drug-likeness (QED) is 0.0733. The minimum absolute atomic E-state index is 0.000802. The summed E-state index contributed by atoms with van der Waals surface area (Å²) in [4.78, 5) is 72.4. The van der Waals surface area contributed by atoms with Crippen molar-refractivity contribution in [1.82, 2.24) is 4.90 Å². The number of allylic oxidation sites excluding steroid dienone is 6. The Hall–Kier alpha value is -3.41. The van der Waals surface area contributed by atoms with E-state index in [-0.39, 0.29) is 61.4 Å². The molecule has 4 N–H and O–H groups in total. The highest BCUT2D eigenvalue weighted by Gasteiger charge is 2.53. The second-order valence-electron chi connectivity index (χ2n) is 21.0. The first-order chi connectivity index (χ1) is 33.2. The number of ketones is 3. The number of aliphatic hydroxyl groups excluding tert-OH is 3. The molecule has 15 heteroatoms. The fourth-order valence-electron chi connectivity index (χ4n) is 10.7. The van der Waals surface area contributed by atoms with E-state index in [2.05, 4.69) is 0 Å². The number of unbranched alkanes of at least 4 members (excludes halogenated alkanes) is 2. The number of rotatable bonds is 11. The number of methoxy groups -OCH3 is 2. The van der Waals surface area contributed by atoms with E-state index in [1.807, 2.05) is 58.1 Å². The smallest absolute Gasteiger partial charge is 0.329 e. The van der Waals surface area contributed by atoms with Crippen LogP contribution < -0.4 is 0 Å². The Balaban J connectivity index is 1.71. The van der Waals surface area contributed by atoms with Crippen LogP contribution in [0.2, 0.25) is 0 Å². The molecule has 0 aromatic heterocycles. The third-order valence-electron chi connectivity index (χ3n) is 15.3. The molecule has 2 saturated heterocycles. The van der Waals surface area contributed by atoms with Gasteiger partial charge >= 0.3 is 5.97 Å². The van der Waals surface area contributed by atoms with Gasteiger partial charge in [0.25, 0.3) is 11.7 Å². The largest absolute Gasteiger partial charge is 0.460 e. The van der Waals surface area contributed by atoms with E-state index in [4.69, 9.17) is 23.7 Å². The lowest BCUT2D eigenvalue weighted by Crippen LogP contribution is -2.61. The van der Waals surface area contributed by atoms with Crippen LogP contribution in [-0.4, -0.2) is 143 Å². The molecule has 0 spiro atoms. The molecule has 0 radical (unpaired) electrons. The van der Waals surface area contributed by atoms with Crippen LogP contribution in [0.4, 0.5) is 0 Å². The topological polar surface area (TPSA) is 216 Å². The maximum Gasteiger partial charge on any atom is 0.329 e. The van der Waals surface area contributed by atoms with Crippen LogP contribution in [0.3, 0.4) is 0 Å². The Kier molecular flexibility index (Phi) is 24.3. The molecule has 15 nitrogen and oxygen atoms in total. The number of cyclic esters (lactones) is 1. The molecule has 396 valence electrons. The van der Waals surface area contributed by atoms with Gasteiger partial charge in [-0.05, 0) is 126 Å². The van der Waals surface area contributed by atoms with Gasteiger partial charge in [0.15, 0.2) is 5.78 Å². The summed E-state index contributed by atoms with van der Waals surface area (Å²) in [7, 11) is 2.94. The molecular formula is C55H87NO14. The van der Waals surface area contributed by atoms with Crippen LogP contribution in [0.15, 0.2) is 47.6 Å². The van der Waals surface area contributed by atoms with Crippen molar-refractivity contribution in [3.63, 3.8) is 0 Å². The molecule has 0 aromatic carbocycles. The lowest BCUT2D eigenvalue weighted by molar-refractivity contribution is -0.266. The number of ether oxygens (including phenoxy) is 5. The summed E-state index contributed by atoms with van der Waals surface area (Å²) in [5, 5.41) is 43.4. The van der Waals surface area contributed by atoms with Crippen LogP contribution in [0, 0.1) is 35.5 Å². The molecule has 1 amide bonds. The standard InChI is InChI=1S/C55H87NO14/c1-34-18-12-10-13-19-35(2)46(68-27-17-11-16-26-57)32-42-23-21-40(7)55(65,70-42)52(62)53(63)56-25-15-14-20-43(56)54(64)69-47(37(4)30-41-22-24-44(58)48(31-41)66-8)33-45(59)36(3)29-39(6)50(61)51(67-9)49(60)38(5)28-34/h10,12-13,18-19,29,34,36-38,40-44,46-48,50-51,57-58,61,65H,11,14-17,20-28,30-33H2,1-9H3/b13-10+,18-12+,35-19+,39-29+/t34-,36-,37-,38-,40-,41+,42+,43+,44-,46-,47+,48-,50-,51+,55-/m1/s1. The molecule has 0 unspecified atom stereocenters. The van der Waals surface area contributed by atoms with E-state index in [1.165, 1.54) is 12.0 Å². The minimum atomic E-state index is -2.46. The normalized spacial score (nSPS) is 38.4. The first-order valence-electron chi connectivity index (χ1n) is 26.1. The molecule has 4 aliphatic rings. The van der Waals surface area contributed by atoms with E-state index in [0.717, 1.165) is 18.4 Å². The lowest BCUT2D eigenvalue weighted by Gasteiger charge is -2.43. The summed E-state index contributed by atoms with van der Waals surface area (Å²) in [5.74, 6) is -8.13. The number of hydrogen-bond acceptors (Lipinski definition) is 14. The second-order valence-corrected chi connectivity index (χ2v) is 21.0. The molecule has 3 fully saturated rings. The Morgan fingerprint density at radius 2 is 1.60 bits per heavy atom. The number of hydrogen-bond donors (Lipinski definition) is 4. The van der Waals surface area contributed by atoms with Gasteiger partial charge in [-0.2, -0.15) is 0 Å². The molecule has 70 heavy (non-hydrogen) atoms. The van der Waals surface area contributed by atoms with E-state index in [0.29, 0.717) is 82.8 Å². The predicted octanol–water partition coefficient (Wildman–Crippen LogP) is 6.71. The third-order valence-corrected chi connectivity index (χ3v) is 15.3. The maximum absolute atomic E-state index is 14.5. The van der Waals surface area contributed by atoms with Gasteiger partial charge < -0.3 is 49.0 Å². The first-order valence-corrected chi connectivity index (χ1v) is 26.1. The number of piperidine rings is 1. The summed E-state index contributed by atoms with van der Waals surface area (Å²) in [5.41, 5.74) is 1.26. The summed E-state index contributed by atoms with van der Waals surface area (Å²) in [6.45, 7) is 13.2. The van der Waals surface area contributed by atoms with E-state index in [1.54, 1.807) is 34.0 Å². The lowest BCUT2D eigenvalue weighted by atomic mass is 9.78. The fraction of sp³-hybridized carbons (Fsp3) is 0.764. The van der Waals surface area contributed by atoms with E-state index >= 15 is 0 Å². The van der Waals surface area contributed by atoms with Crippen molar-refractivity contribution in [3.05, 3.63) is 47.6 Å². The van der Waals surface area contributed by atoms with Crippen LogP contribution in [0.1, 0.15) is 145 Å². The monoisotopic (exact) mass is 986 g/mol. The highest BCUT2D eigenvalue weighted by atomic mass is 16.6. The number of Topliss-reactive ketones (excluding diaryl/α,β-unsaturated/α-hetero) is 3. The van der Waals surface area contributed by atoms with Gasteiger partial charge in [-0.1, -0.05) is 71.1 Å². The second kappa shape index (κ2) is 28.7. The Labute approximate surface area is 417 Å². The van der Waals surface area contributed by atoms with Gasteiger partial charge in [0.2, 0.25) is 5.79 Å². The zero-order valence-corrected chi connectivity index (χ0v) is 43.6. The van der Waals surface area contributed by atoms with Crippen LogP contribution in [-0.2, 0) is 47.7 Å². The zero-order valence-electron chi connectivity index (χ0n) is 43.6. The number of carbonyl (C=O) groups excluding carboxylic acids is 5. The summed E-state index contributed by atoms with van der Waals surface area (Å²) in [6, 6.07) is -1.16. The highest BCUT2D eigenvalue weighted by Crippen LogP contribution is 2.38. The zero-order chi connectivity index (χ0) is 51.7. The van der Waals surface area contributed by atoms with Crippen molar-refractivity contribution >= 4 is 29.2 Å². The number of nitrogens with zero attached hydrogens (tertiary/aromatic N) is 1. The summed E-state index contributed by atoms with van der Waals surface area (Å²) >= 11 is 0. The average Bonchev–Trinajstić information content (AvgIpc) is 3.33. The van der Waals surface area contributed by atoms with Gasteiger partial charge in [0.05, 0.1) is 24.4 Å². The molecule has 2 bridgehead atoms.